The number of hydrogen-bond acceptors (Lipinski definition) is 2. The largest absolute Gasteiger partial charge is 0.337 e. The Morgan fingerprint density at radius 1 is 1.58 bits per heavy atom. The smallest absolute Gasteiger partial charge is 0.255 e. The molecule has 1 N–H and O–H groups in total. The number of rotatable bonds is 2. The normalized spacial score (nSPS) is 18.0. The van der Waals surface area contributed by atoms with E-state index in [4.69, 9.17) is 11.6 Å². The van der Waals surface area contributed by atoms with Gasteiger partial charge < -0.3 is 10.2 Å². The van der Waals surface area contributed by atoms with Crippen molar-refractivity contribution in [1.29, 1.82) is 0 Å². The highest BCUT2D eigenvalue weighted by Crippen LogP contribution is 2.24. The topological polar surface area (TPSA) is 32.3 Å². The number of halogens is 4. The van der Waals surface area contributed by atoms with Crippen LogP contribution in [-0.4, -0.2) is 37.0 Å². The monoisotopic (exact) mass is 418 g/mol. The van der Waals surface area contributed by atoms with Gasteiger partial charge in [-0.2, -0.15) is 0 Å². The molecular weight excluding hydrogens is 405 g/mol. The van der Waals surface area contributed by atoms with Crippen LogP contribution in [0.4, 0.5) is 4.39 Å². The minimum absolute atomic E-state index is 0. The van der Waals surface area contributed by atoms with Gasteiger partial charge in [0.1, 0.15) is 5.82 Å². The first kappa shape index (κ1) is 16.9. The first-order chi connectivity index (χ1) is 8.50. The van der Waals surface area contributed by atoms with Gasteiger partial charge in [0.2, 0.25) is 0 Å². The third kappa shape index (κ3) is 3.71. The van der Waals surface area contributed by atoms with Crippen molar-refractivity contribution in [3.63, 3.8) is 0 Å². The van der Waals surface area contributed by atoms with E-state index in [1.807, 2.05) is 22.6 Å². The van der Waals surface area contributed by atoms with E-state index in [9.17, 15) is 9.18 Å². The van der Waals surface area contributed by atoms with Gasteiger partial charge in [-0.15, -0.1) is 12.4 Å². The summed E-state index contributed by atoms with van der Waals surface area (Å²) in [6, 6.07) is 2.87. The summed E-state index contributed by atoms with van der Waals surface area (Å²) in [7, 11) is 1.76. The molecule has 1 atom stereocenters. The molecule has 1 fully saturated rings. The lowest BCUT2D eigenvalue weighted by Crippen LogP contribution is -2.38. The molecule has 106 valence electrons. The summed E-state index contributed by atoms with van der Waals surface area (Å²) in [6.07, 6.45) is 0.929. The quantitative estimate of drug-likeness (QED) is 0.591. The summed E-state index contributed by atoms with van der Waals surface area (Å²) in [5.74, 6) is -0.561. The summed E-state index contributed by atoms with van der Waals surface area (Å²) < 4.78 is 13.7. The first-order valence-electron chi connectivity index (χ1n) is 5.63. The number of nitrogens with one attached hydrogen (secondary N) is 1. The second-order valence-corrected chi connectivity index (χ2v) is 5.88. The van der Waals surface area contributed by atoms with Gasteiger partial charge in [0.25, 0.3) is 5.91 Å². The number of nitrogens with zero attached hydrogens (tertiary/aromatic N) is 1. The fourth-order valence-electron chi connectivity index (χ4n) is 2.01. The zero-order valence-electron chi connectivity index (χ0n) is 10.3. The molecule has 1 amide bonds. The summed E-state index contributed by atoms with van der Waals surface area (Å²) in [6.45, 7) is 1.70. The summed E-state index contributed by atoms with van der Waals surface area (Å²) >= 11 is 7.80. The molecule has 1 aliphatic rings. The molecule has 2 rings (SSSR count). The van der Waals surface area contributed by atoms with Crippen molar-refractivity contribution in [2.24, 2.45) is 0 Å². The van der Waals surface area contributed by atoms with Crippen molar-refractivity contribution in [3.05, 3.63) is 32.1 Å². The fourth-order valence-corrected chi connectivity index (χ4v) is 2.71. The van der Waals surface area contributed by atoms with Gasteiger partial charge >= 0.3 is 0 Å². The lowest BCUT2D eigenvalue weighted by Gasteiger charge is -2.24. The van der Waals surface area contributed by atoms with E-state index in [1.54, 1.807) is 11.9 Å². The Bertz CT molecular complexity index is 481. The maximum atomic E-state index is 13.3. The number of amides is 1. The molecule has 0 aliphatic carbocycles. The SMILES string of the molecule is CN(C(=O)c1cc(I)c(F)cc1Cl)C1CCNC1.Cl. The van der Waals surface area contributed by atoms with Crippen LogP contribution in [0, 0.1) is 9.39 Å². The van der Waals surface area contributed by atoms with Gasteiger partial charge in [0, 0.05) is 23.2 Å². The van der Waals surface area contributed by atoms with Crippen LogP contribution in [0.2, 0.25) is 5.02 Å². The van der Waals surface area contributed by atoms with Gasteiger partial charge in [-0.25, -0.2) is 4.39 Å². The van der Waals surface area contributed by atoms with E-state index in [1.165, 1.54) is 12.1 Å². The third-order valence-corrected chi connectivity index (χ3v) is 4.28. The molecule has 1 aromatic rings. The number of hydrogen-bond donors (Lipinski definition) is 1. The molecule has 7 heteroatoms. The highest BCUT2D eigenvalue weighted by Gasteiger charge is 2.25. The Kier molecular flexibility index (Phi) is 6.29. The molecule has 1 aromatic carbocycles. The standard InChI is InChI=1S/C12H13ClFIN2O.ClH/c1-17(7-2-3-16-6-7)12(18)8-4-11(15)10(14)5-9(8)13;/h4-5,7,16H,2-3,6H2,1H3;1H. The van der Waals surface area contributed by atoms with Gasteiger partial charge in [-0.05, 0) is 47.7 Å². The molecule has 1 saturated heterocycles. The van der Waals surface area contributed by atoms with Gasteiger partial charge in [0.05, 0.1) is 10.6 Å². The molecule has 1 aliphatic heterocycles. The molecule has 19 heavy (non-hydrogen) atoms. The Hall–Kier alpha value is -0.110. The third-order valence-electron chi connectivity index (χ3n) is 3.14. The fraction of sp³-hybridized carbons (Fsp3) is 0.417. The summed E-state index contributed by atoms with van der Waals surface area (Å²) in [4.78, 5) is 14.0. The van der Waals surface area contributed by atoms with E-state index in [2.05, 4.69) is 5.32 Å². The van der Waals surface area contributed by atoms with Crippen LogP contribution in [-0.2, 0) is 0 Å². The molecule has 0 radical (unpaired) electrons. The molecule has 0 bridgehead atoms. The van der Waals surface area contributed by atoms with Crippen LogP contribution < -0.4 is 5.32 Å². The Morgan fingerprint density at radius 3 is 2.84 bits per heavy atom. The van der Waals surface area contributed by atoms with E-state index in [0.717, 1.165) is 19.5 Å². The predicted molar refractivity (Wildman–Crippen MR) is 84.7 cm³/mol. The molecule has 1 heterocycles. The average Bonchev–Trinajstić information content (AvgIpc) is 2.85. The van der Waals surface area contributed by atoms with Crippen molar-refractivity contribution in [3.8, 4) is 0 Å². The van der Waals surface area contributed by atoms with Crippen molar-refractivity contribution in [2.45, 2.75) is 12.5 Å². The van der Waals surface area contributed by atoms with Crippen molar-refractivity contribution < 1.29 is 9.18 Å². The second kappa shape index (κ2) is 7.06. The van der Waals surface area contributed by atoms with Gasteiger partial charge in [-0.1, -0.05) is 11.6 Å². The Labute approximate surface area is 136 Å². The summed E-state index contributed by atoms with van der Waals surface area (Å²) in [5, 5.41) is 3.37. The van der Waals surface area contributed by atoms with E-state index >= 15 is 0 Å². The number of carbonyl (C=O) groups excluding carboxylic acids is 1. The van der Waals surface area contributed by atoms with Crippen LogP contribution in [0.1, 0.15) is 16.8 Å². The lowest BCUT2D eigenvalue weighted by atomic mass is 10.1. The average molecular weight is 419 g/mol. The molecule has 0 spiro atoms. The molecule has 0 saturated carbocycles. The van der Waals surface area contributed by atoms with Crippen molar-refractivity contribution >= 4 is 52.5 Å². The van der Waals surface area contributed by atoms with Crippen molar-refractivity contribution in [2.75, 3.05) is 20.1 Å². The number of benzene rings is 1. The second-order valence-electron chi connectivity index (χ2n) is 4.31. The van der Waals surface area contributed by atoms with Crippen LogP contribution in [0.5, 0.6) is 0 Å². The molecular formula is C12H14Cl2FIN2O. The first-order valence-corrected chi connectivity index (χ1v) is 7.09. The van der Waals surface area contributed by atoms with E-state index in [-0.39, 0.29) is 29.4 Å². The highest BCUT2D eigenvalue weighted by atomic mass is 127. The molecule has 3 nitrogen and oxygen atoms in total. The van der Waals surface area contributed by atoms with Crippen LogP contribution >= 0.6 is 46.6 Å². The molecule has 0 aromatic heterocycles. The Morgan fingerprint density at radius 2 is 2.26 bits per heavy atom. The minimum atomic E-state index is -0.401. The van der Waals surface area contributed by atoms with Crippen molar-refractivity contribution in [1.82, 2.24) is 10.2 Å². The van der Waals surface area contributed by atoms with E-state index in [0.29, 0.717) is 9.13 Å². The van der Waals surface area contributed by atoms with Gasteiger partial charge in [0.15, 0.2) is 0 Å². The zero-order valence-corrected chi connectivity index (χ0v) is 14.0. The Balaban J connectivity index is 0.00000180. The lowest BCUT2D eigenvalue weighted by molar-refractivity contribution is 0.0744. The predicted octanol–water partition coefficient (Wildman–Crippen LogP) is 2.94. The minimum Gasteiger partial charge on any atom is -0.337 e. The zero-order chi connectivity index (χ0) is 13.3. The van der Waals surface area contributed by atoms with Crippen LogP contribution in [0.15, 0.2) is 12.1 Å². The maximum absolute atomic E-state index is 13.3. The van der Waals surface area contributed by atoms with Gasteiger partial charge in [-0.3, -0.25) is 4.79 Å². The van der Waals surface area contributed by atoms with E-state index < -0.39 is 5.82 Å². The number of likely N-dealkylation sites (N-methyl/N-ethyl adjacent to an activating group) is 1. The van der Waals surface area contributed by atoms with Crippen LogP contribution in [0.25, 0.3) is 0 Å². The van der Waals surface area contributed by atoms with Crippen LogP contribution in [0.3, 0.4) is 0 Å². The molecule has 1 unspecified atom stereocenters. The number of carbonyl (C=O) groups is 1. The summed E-state index contributed by atoms with van der Waals surface area (Å²) in [5.41, 5.74) is 0.358. The highest BCUT2D eigenvalue weighted by molar-refractivity contribution is 14.1. The maximum Gasteiger partial charge on any atom is 0.255 e.